The average molecular weight is 178 g/mol. The van der Waals surface area contributed by atoms with E-state index in [1.54, 1.807) is 0 Å². The lowest BCUT2D eigenvalue weighted by atomic mass is 9.81. The fraction of sp³-hybridized carbons (Fsp3) is 0.500. The summed E-state index contributed by atoms with van der Waals surface area (Å²) in [5, 5.41) is 10.0. The molecule has 1 rings (SSSR count). The van der Waals surface area contributed by atoms with E-state index in [0.29, 0.717) is 0 Å². The van der Waals surface area contributed by atoms with Crippen molar-refractivity contribution in [3.8, 4) is 0 Å². The maximum absolute atomic E-state index is 10.0. The van der Waals surface area contributed by atoms with Crippen molar-refractivity contribution < 1.29 is 5.11 Å². The number of hydrogen-bond acceptors (Lipinski definition) is 1. The van der Waals surface area contributed by atoms with Crippen LogP contribution in [0.4, 0.5) is 0 Å². The molecular weight excluding hydrogens is 160 g/mol. The molecule has 0 saturated carbocycles. The van der Waals surface area contributed by atoms with Crippen molar-refractivity contribution in [2.45, 2.75) is 26.9 Å². The van der Waals surface area contributed by atoms with E-state index in [1.165, 1.54) is 0 Å². The van der Waals surface area contributed by atoms with E-state index in [4.69, 9.17) is 0 Å². The maximum atomic E-state index is 10.0. The molecule has 1 nitrogen and oxygen atoms in total. The third kappa shape index (κ3) is 2.85. The van der Waals surface area contributed by atoms with Gasteiger partial charge in [-0.3, -0.25) is 0 Å². The standard InChI is InChI=1S/C12H18O/c1-12(2,3)11(13)10-8-6-4-5-7-9-10/h4-11,13H,1-3H3. The molecular formula is C12H18O. The molecule has 1 aliphatic rings. The van der Waals surface area contributed by atoms with Crippen molar-refractivity contribution in [3.63, 3.8) is 0 Å². The van der Waals surface area contributed by atoms with Gasteiger partial charge in [0.25, 0.3) is 0 Å². The lowest BCUT2D eigenvalue weighted by molar-refractivity contribution is 0.0422. The van der Waals surface area contributed by atoms with Crippen LogP contribution in [0.5, 0.6) is 0 Å². The molecule has 1 aliphatic carbocycles. The third-order valence-corrected chi connectivity index (χ3v) is 2.25. The van der Waals surface area contributed by atoms with E-state index in [9.17, 15) is 5.11 Å². The second-order valence-electron chi connectivity index (χ2n) is 4.54. The molecule has 1 N–H and O–H groups in total. The second-order valence-corrected chi connectivity index (χ2v) is 4.54. The van der Waals surface area contributed by atoms with Crippen molar-refractivity contribution in [2.24, 2.45) is 11.3 Å². The van der Waals surface area contributed by atoms with Gasteiger partial charge in [-0.25, -0.2) is 0 Å². The van der Waals surface area contributed by atoms with Crippen molar-refractivity contribution in [2.75, 3.05) is 0 Å². The lowest BCUT2D eigenvalue weighted by Crippen LogP contribution is -2.31. The van der Waals surface area contributed by atoms with Gasteiger partial charge in [0.2, 0.25) is 0 Å². The van der Waals surface area contributed by atoms with Crippen molar-refractivity contribution >= 4 is 0 Å². The summed E-state index contributed by atoms with van der Waals surface area (Å²) >= 11 is 0. The molecule has 0 bridgehead atoms. The lowest BCUT2D eigenvalue weighted by Gasteiger charge is -2.29. The smallest absolute Gasteiger partial charge is 0.0685 e. The summed E-state index contributed by atoms with van der Waals surface area (Å²) < 4.78 is 0. The van der Waals surface area contributed by atoms with Gasteiger partial charge in [-0.2, -0.15) is 0 Å². The molecule has 0 aromatic carbocycles. The number of hydrogen-bond donors (Lipinski definition) is 1. The van der Waals surface area contributed by atoms with Gasteiger partial charge in [0.15, 0.2) is 0 Å². The summed E-state index contributed by atoms with van der Waals surface area (Å²) in [6.45, 7) is 6.16. The van der Waals surface area contributed by atoms with Crippen LogP contribution in [0, 0.1) is 11.3 Å². The van der Waals surface area contributed by atoms with Crippen molar-refractivity contribution in [3.05, 3.63) is 36.5 Å². The molecule has 13 heavy (non-hydrogen) atoms. The predicted molar refractivity (Wildman–Crippen MR) is 56.4 cm³/mol. The Labute approximate surface area is 80.5 Å². The summed E-state index contributed by atoms with van der Waals surface area (Å²) in [7, 11) is 0. The Kier molecular flexibility index (Phi) is 3.10. The van der Waals surface area contributed by atoms with E-state index >= 15 is 0 Å². The summed E-state index contributed by atoms with van der Waals surface area (Å²) in [5.74, 6) is 0.134. The van der Waals surface area contributed by atoms with Gasteiger partial charge in [-0.05, 0) is 5.41 Å². The highest BCUT2D eigenvalue weighted by Gasteiger charge is 2.27. The number of allylic oxidation sites excluding steroid dienone is 4. The highest BCUT2D eigenvalue weighted by Crippen LogP contribution is 2.27. The molecule has 0 heterocycles. The molecule has 0 aromatic heterocycles. The molecule has 1 unspecified atom stereocenters. The average Bonchev–Trinajstić information content (AvgIpc) is 2.28. The van der Waals surface area contributed by atoms with Gasteiger partial charge in [0.05, 0.1) is 6.10 Å². The van der Waals surface area contributed by atoms with Gasteiger partial charge in [-0.1, -0.05) is 57.2 Å². The van der Waals surface area contributed by atoms with Crippen LogP contribution >= 0.6 is 0 Å². The molecule has 0 saturated heterocycles. The fourth-order valence-electron chi connectivity index (χ4n) is 1.37. The van der Waals surface area contributed by atoms with Gasteiger partial charge >= 0.3 is 0 Å². The molecule has 0 spiro atoms. The quantitative estimate of drug-likeness (QED) is 0.654. The summed E-state index contributed by atoms with van der Waals surface area (Å²) in [5.41, 5.74) is -0.0658. The monoisotopic (exact) mass is 178 g/mol. The minimum absolute atomic E-state index is 0.0658. The maximum Gasteiger partial charge on any atom is 0.0685 e. The van der Waals surface area contributed by atoms with E-state index in [0.717, 1.165) is 0 Å². The van der Waals surface area contributed by atoms with Gasteiger partial charge in [-0.15, -0.1) is 0 Å². The molecule has 0 fully saturated rings. The van der Waals surface area contributed by atoms with E-state index < -0.39 is 0 Å². The van der Waals surface area contributed by atoms with Gasteiger partial charge in [0.1, 0.15) is 0 Å². The third-order valence-electron chi connectivity index (χ3n) is 2.25. The molecule has 0 amide bonds. The molecule has 0 aliphatic heterocycles. The first-order valence-electron chi connectivity index (χ1n) is 4.71. The van der Waals surface area contributed by atoms with Crippen LogP contribution in [-0.2, 0) is 0 Å². The summed E-state index contributed by atoms with van der Waals surface area (Å²) in [6, 6.07) is 0. The molecule has 72 valence electrons. The van der Waals surface area contributed by atoms with Crippen molar-refractivity contribution in [1.29, 1.82) is 0 Å². The van der Waals surface area contributed by atoms with Gasteiger partial charge < -0.3 is 5.11 Å². The Morgan fingerprint density at radius 1 is 1.00 bits per heavy atom. The van der Waals surface area contributed by atoms with Crippen LogP contribution in [0.1, 0.15) is 20.8 Å². The Morgan fingerprint density at radius 3 is 1.85 bits per heavy atom. The first-order chi connectivity index (χ1) is 6.02. The van der Waals surface area contributed by atoms with E-state index in [2.05, 4.69) is 20.8 Å². The second kappa shape index (κ2) is 3.93. The zero-order valence-electron chi connectivity index (χ0n) is 8.57. The van der Waals surface area contributed by atoms with Crippen LogP contribution in [0.15, 0.2) is 36.5 Å². The predicted octanol–water partition coefficient (Wildman–Crippen LogP) is 2.69. The van der Waals surface area contributed by atoms with E-state index in [1.807, 2.05) is 36.5 Å². The molecule has 1 heteroatoms. The van der Waals surface area contributed by atoms with Crippen LogP contribution < -0.4 is 0 Å². The van der Waals surface area contributed by atoms with Crippen LogP contribution in [0.25, 0.3) is 0 Å². The minimum Gasteiger partial charge on any atom is -0.392 e. The largest absolute Gasteiger partial charge is 0.392 e. The van der Waals surface area contributed by atoms with Gasteiger partial charge in [0, 0.05) is 5.92 Å². The summed E-state index contributed by atoms with van der Waals surface area (Å²) in [6.07, 6.45) is 11.7. The van der Waals surface area contributed by atoms with Crippen LogP contribution in [-0.4, -0.2) is 11.2 Å². The van der Waals surface area contributed by atoms with Crippen molar-refractivity contribution in [1.82, 2.24) is 0 Å². The Morgan fingerprint density at radius 2 is 1.46 bits per heavy atom. The van der Waals surface area contributed by atoms with Crippen LogP contribution in [0.3, 0.4) is 0 Å². The Balaban J connectivity index is 2.72. The topological polar surface area (TPSA) is 20.2 Å². The number of rotatable bonds is 1. The first kappa shape index (κ1) is 10.3. The summed E-state index contributed by atoms with van der Waals surface area (Å²) in [4.78, 5) is 0. The SMILES string of the molecule is CC(C)(C)C(O)C1C=CC=CC=C1. The fourth-order valence-corrected chi connectivity index (χ4v) is 1.37. The first-order valence-corrected chi connectivity index (χ1v) is 4.71. The Bertz CT molecular complexity index is 224. The zero-order chi connectivity index (χ0) is 9.90. The Hall–Kier alpha value is -0.820. The normalized spacial score (nSPS) is 20.3. The molecule has 1 atom stereocenters. The zero-order valence-corrected chi connectivity index (χ0v) is 8.57. The molecule has 0 aromatic rings. The molecule has 0 radical (unpaired) electrons. The number of aliphatic hydroxyl groups excluding tert-OH is 1. The highest BCUT2D eigenvalue weighted by molar-refractivity contribution is 5.20. The number of aliphatic hydroxyl groups is 1. The van der Waals surface area contributed by atoms with Crippen LogP contribution in [0.2, 0.25) is 0 Å². The highest BCUT2D eigenvalue weighted by atomic mass is 16.3. The van der Waals surface area contributed by atoms with E-state index in [-0.39, 0.29) is 17.4 Å². The minimum atomic E-state index is -0.320.